The third-order valence-corrected chi connectivity index (χ3v) is 4.26. The van der Waals surface area contributed by atoms with Crippen LogP contribution in [0.1, 0.15) is 24.2 Å². The lowest BCUT2D eigenvalue weighted by atomic mass is 9.97. The molecule has 1 saturated heterocycles. The quantitative estimate of drug-likeness (QED) is 0.829. The predicted octanol–water partition coefficient (Wildman–Crippen LogP) is 4.58. The van der Waals surface area contributed by atoms with Crippen molar-refractivity contribution in [3.8, 4) is 11.1 Å². The first kappa shape index (κ1) is 16.9. The first-order chi connectivity index (χ1) is 11.3. The number of aliphatic hydroxyl groups excluding tert-OH is 1. The first-order valence-corrected chi connectivity index (χ1v) is 7.55. The minimum Gasteiger partial charge on any atom is -0.363 e. The SMILES string of the molecule is CCc1ccc(-c2ccc(C3OC(O)C(F)(F)C3(F)F)cc2)cc1. The second-order valence-electron chi connectivity index (χ2n) is 5.79. The van der Waals surface area contributed by atoms with Crippen LogP contribution in [0.15, 0.2) is 48.5 Å². The highest BCUT2D eigenvalue weighted by atomic mass is 19.3. The lowest BCUT2D eigenvalue weighted by Crippen LogP contribution is -2.44. The van der Waals surface area contributed by atoms with Crippen molar-refractivity contribution in [3.63, 3.8) is 0 Å². The normalized spacial score (nSPS) is 24.9. The van der Waals surface area contributed by atoms with Gasteiger partial charge in [-0.05, 0) is 28.7 Å². The fourth-order valence-electron chi connectivity index (χ4n) is 2.71. The third-order valence-electron chi connectivity index (χ3n) is 4.26. The molecule has 1 N–H and O–H groups in total. The van der Waals surface area contributed by atoms with Crippen LogP contribution in [0.2, 0.25) is 0 Å². The summed E-state index contributed by atoms with van der Waals surface area (Å²) in [6.45, 7) is 2.04. The Labute approximate surface area is 136 Å². The van der Waals surface area contributed by atoms with E-state index in [-0.39, 0.29) is 5.56 Å². The van der Waals surface area contributed by atoms with E-state index in [0.717, 1.165) is 17.5 Å². The maximum absolute atomic E-state index is 13.8. The standard InChI is InChI=1S/C18H16F4O2/c1-2-11-3-5-12(6-4-11)13-7-9-14(10-8-13)15-17(19,20)18(21,22)16(23)24-15/h3-10,15-16,23H,2H2,1H3. The fraction of sp³-hybridized carbons (Fsp3) is 0.333. The summed E-state index contributed by atoms with van der Waals surface area (Å²) < 4.78 is 58.7. The van der Waals surface area contributed by atoms with Crippen molar-refractivity contribution in [1.82, 2.24) is 0 Å². The number of benzene rings is 2. The number of alkyl halides is 4. The van der Waals surface area contributed by atoms with Crippen molar-refractivity contribution in [2.24, 2.45) is 0 Å². The number of rotatable bonds is 3. The van der Waals surface area contributed by atoms with Gasteiger partial charge in [-0.15, -0.1) is 0 Å². The van der Waals surface area contributed by atoms with E-state index < -0.39 is 24.2 Å². The van der Waals surface area contributed by atoms with E-state index >= 15 is 0 Å². The van der Waals surface area contributed by atoms with Crippen molar-refractivity contribution < 1.29 is 27.4 Å². The zero-order valence-corrected chi connectivity index (χ0v) is 12.8. The van der Waals surface area contributed by atoms with Crippen molar-refractivity contribution >= 4 is 0 Å². The van der Waals surface area contributed by atoms with Crippen molar-refractivity contribution in [2.45, 2.75) is 37.6 Å². The van der Waals surface area contributed by atoms with Crippen LogP contribution in [-0.4, -0.2) is 23.2 Å². The summed E-state index contributed by atoms with van der Waals surface area (Å²) in [5, 5.41) is 9.05. The van der Waals surface area contributed by atoms with E-state index in [4.69, 9.17) is 5.11 Å². The van der Waals surface area contributed by atoms with Crippen LogP contribution in [-0.2, 0) is 11.2 Å². The average molecular weight is 340 g/mol. The maximum Gasteiger partial charge on any atom is 0.362 e. The molecule has 0 amide bonds. The van der Waals surface area contributed by atoms with Gasteiger partial charge in [0.25, 0.3) is 0 Å². The summed E-state index contributed by atoms with van der Waals surface area (Å²) in [6.07, 6.45) is -4.10. The van der Waals surface area contributed by atoms with Crippen LogP contribution in [0, 0.1) is 0 Å². The Morgan fingerprint density at radius 1 is 0.875 bits per heavy atom. The largest absolute Gasteiger partial charge is 0.363 e. The minimum absolute atomic E-state index is 0.106. The van der Waals surface area contributed by atoms with Gasteiger partial charge in [-0.25, -0.2) is 0 Å². The molecular weight excluding hydrogens is 324 g/mol. The lowest BCUT2D eigenvalue weighted by molar-refractivity contribution is -0.234. The summed E-state index contributed by atoms with van der Waals surface area (Å²) in [5.74, 6) is -9.09. The molecule has 2 aromatic rings. The number of aliphatic hydroxyl groups is 1. The highest BCUT2D eigenvalue weighted by Crippen LogP contribution is 2.53. The Hall–Kier alpha value is -1.92. The molecule has 1 aliphatic heterocycles. The van der Waals surface area contributed by atoms with Crippen LogP contribution >= 0.6 is 0 Å². The van der Waals surface area contributed by atoms with E-state index in [1.165, 1.54) is 17.7 Å². The van der Waals surface area contributed by atoms with Gasteiger partial charge >= 0.3 is 11.8 Å². The minimum atomic E-state index is -4.62. The topological polar surface area (TPSA) is 29.5 Å². The summed E-state index contributed by atoms with van der Waals surface area (Å²) >= 11 is 0. The first-order valence-electron chi connectivity index (χ1n) is 7.55. The van der Waals surface area contributed by atoms with Gasteiger partial charge in [0.15, 0.2) is 6.10 Å². The molecule has 2 atom stereocenters. The second-order valence-corrected chi connectivity index (χ2v) is 5.79. The molecule has 24 heavy (non-hydrogen) atoms. The van der Waals surface area contributed by atoms with Crippen LogP contribution < -0.4 is 0 Å². The molecule has 1 fully saturated rings. The van der Waals surface area contributed by atoms with Crippen LogP contribution in [0.3, 0.4) is 0 Å². The van der Waals surface area contributed by atoms with Gasteiger partial charge in [-0.2, -0.15) is 17.6 Å². The highest BCUT2D eigenvalue weighted by molar-refractivity contribution is 5.64. The number of hydrogen-bond donors (Lipinski definition) is 1. The Balaban J connectivity index is 1.87. The molecular formula is C18H16F4O2. The van der Waals surface area contributed by atoms with Crippen LogP contribution in [0.5, 0.6) is 0 Å². The molecule has 1 heterocycles. The number of hydrogen-bond acceptors (Lipinski definition) is 2. The van der Waals surface area contributed by atoms with Gasteiger partial charge in [-0.3, -0.25) is 0 Å². The van der Waals surface area contributed by atoms with Crippen molar-refractivity contribution in [1.29, 1.82) is 0 Å². The van der Waals surface area contributed by atoms with E-state index in [0.29, 0.717) is 0 Å². The molecule has 6 heteroatoms. The molecule has 0 spiro atoms. The summed E-state index contributed by atoms with van der Waals surface area (Å²) in [6, 6.07) is 13.5. The Morgan fingerprint density at radius 2 is 1.38 bits per heavy atom. The maximum atomic E-state index is 13.8. The molecule has 128 valence electrons. The Morgan fingerprint density at radius 3 is 1.79 bits per heavy atom. The van der Waals surface area contributed by atoms with E-state index in [1.807, 2.05) is 31.2 Å². The van der Waals surface area contributed by atoms with Crippen LogP contribution in [0.25, 0.3) is 11.1 Å². The number of halogens is 4. The molecule has 0 aromatic heterocycles. The number of aryl methyl sites for hydroxylation is 1. The zero-order chi connectivity index (χ0) is 17.5. The van der Waals surface area contributed by atoms with Crippen molar-refractivity contribution in [2.75, 3.05) is 0 Å². The Kier molecular flexibility index (Phi) is 4.13. The summed E-state index contributed by atoms with van der Waals surface area (Å²) in [7, 11) is 0. The molecule has 0 radical (unpaired) electrons. The second kappa shape index (κ2) is 5.86. The molecule has 2 unspecified atom stereocenters. The Bertz CT molecular complexity index is 711. The fourth-order valence-corrected chi connectivity index (χ4v) is 2.71. The van der Waals surface area contributed by atoms with E-state index in [2.05, 4.69) is 4.74 Å². The van der Waals surface area contributed by atoms with Crippen molar-refractivity contribution in [3.05, 3.63) is 59.7 Å². The molecule has 1 aliphatic rings. The molecule has 2 nitrogen and oxygen atoms in total. The van der Waals surface area contributed by atoms with Gasteiger partial charge < -0.3 is 9.84 Å². The predicted molar refractivity (Wildman–Crippen MR) is 81.0 cm³/mol. The van der Waals surface area contributed by atoms with E-state index in [1.54, 1.807) is 12.1 Å². The molecule has 2 aromatic carbocycles. The van der Waals surface area contributed by atoms with Gasteiger partial charge in [0.05, 0.1) is 0 Å². The third kappa shape index (κ3) is 2.59. The van der Waals surface area contributed by atoms with E-state index in [9.17, 15) is 17.6 Å². The van der Waals surface area contributed by atoms with Gasteiger partial charge in [-0.1, -0.05) is 55.5 Å². The number of ether oxygens (including phenoxy) is 1. The summed E-state index contributed by atoms with van der Waals surface area (Å²) in [5.41, 5.74) is 2.73. The van der Waals surface area contributed by atoms with Gasteiger partial charge in [0.2, 0.25) is 6.29 Å². The monoisotopic (exact) mass is 340 g/mol. The van der Waals surface area contributed by atoms with Gasteiger partial charge in [0, 0.05) is 0 Å². The zero-order valence-electron chi connectivity index (χ0n) is 12.8. The molecule has 0 saturated carbocycles. The summed E-state index contributed by atoms with van der Waals surface area (Å²) in [4.78, 5) is 0. The average Bonchev–Trinajstić information content (AvgIpc) is 2.74. The molecule has 0 bridgehead atoms. The lowest BCUT2D eigenvalue weighted by Gasteiger charge is -2.21. The molecule has 0 aliphatic carbocycles. The molecule has 3 rings (SSSR count). The van der Waals surface area contributed by atoms with Crippen LogP contribution in [0.4, 0.5) is 17.6 Å². The highest BCUT2D eigenvalue weighted by Gasteiger charge is 2.72. The smallest absolute Gasteiger partial charge is 0.362 e. The van der Waals surface area contributed by atoms with Gasteiger partial charge in [0.1, 0.15) is 0 Å².